The van der Waals surface area contributed by atoms with E-state index in [-0.39, 0.29) is 11.9 Å². The van der Waals surface area contributed by atoms with Gasteiger partial charge < -0.3 is 10.6 Å². The van der Waals surface area contributed by atoms with Gasteiger partial charge in [-0.05, 0) is 26.3 Å². The van der Waals surface area contributed by atoms with Crippen LogP contribution in [0.4, 0.5) is 0 Å². The summed E-state index contributed by atoms with van der Waals surface area (Å²) in [4.78, 5) is 11.4. The van der Waals surface area contributed by atoms with E-state index in [4.69, 9.17) is 0 Å². The lowest BCUT2D eigenvalue weighted by atomic mass is 10.1. The number of carbonyl (C=O) groups excluding carboxylic acids is 1. The van der Waals surface area contributed by atoms with Gasteiger partial charge in [-0.15, -0.1) is 6.58 Å². The minimum atomic E-state index is 0.0777. The summed E-state index contributed by atoms with van der Waals surface area (Å²) >= 11 is 0. The topological polar surface area (TPSA) is 41.1 Å². The normalized spacial score (nSPS) is 23.9. The summed E-state index contributed by atoms with van der Waals surface area (Å²) < 4.78 is 0. The maximum Gasteiger partial charge on any atom is 0.222 e. The Labute approximate surface area is 79.6 Å². The highest BCUT2D eigenvalue weighted by Crippen LogP contribution is 2.08. The number of amides is 1. The van der Waals surface area contributed by atoms with Crippen molar-refractivity contribution < 1.29 is 4.79 Å². The Bertz CT molecular complexity index is 185. The molecule has 3 heteroatoms. The van der Waals surface area contributed by atoms with Crippen molar-refractivity contribution in [1.82, 2.24) is 10.6 Å². The summed E-state index contributed by atoms with van der Waals surface area (Å²) in [5, 5.41) is 6.15. The van der Waals surface area contributed by atoms with E-state index < -0.39 is 0 Å². The quantitative estimate of drug-likeness (QED) is 0.632. The Morgan fingerprint density at radius 1 is 1.85 bits per heavy atom. The van der Waals surface area contributed by atoms with Crippen LogP contribution in [0.3, 0.4) is 0 Å². The van der Waals surface area contributed by atoms with Crippen molar-refractivity contribution in [3.63, 3.8) is 0 Å². The van der Waals surface area contributed by atoms with Crippen molar-refractivity contribution in [2.75, 3.05) is 6.54 Å². The molecule has 2 unspecified atom stereocenters. The van der Waals surface area contributed by atoms with Crippen LogP contribution < -0.4 is 10.6 Å². The summed E-state index contributed by atoms with van der Waals surface area (Å²) in [6.07, 6.45) is 4.64. The lowest BCUT2D eigenvalue weighted by Gasteiger charge is -2.12. The van der Waals surface area contributed by atoms with Crippen molar-refractivity contribution in [1.29, 1.82) is 0 Å². The van der Waals surface area contributed by atoms with E-state index in [0.29, 0.717) is 12.5 Å². The molecule has 0 aromatic carbocycles. The lowest BCUT2D eigenvalue weighted by Crippen LogP contribution is -2.35. The van der Waals surface area contributed by atoms with Gasteiger partial charge in [0.2, 0.25) is 5.91 Å². The minimum absolute atomic E-state index is 0.0777. The van der Waals surface area contributed by atoms with E-state index in [1.54, 1.807) is 6.08 Å². The summed E-state index contributed by atoms with van der Waals surface area (Å²) in [6, 6.07) is 0.464. The number of hydrogen-bond acceptors (Lipinski definition) is 2. The van der Waals surface area contributed by atoms with E-state index in [2.05, 4.69) is 17.2 Å². The molecule has 1 rings (SSSR count). The van der Waals surface area contributed by atoms with Crippen molar-refractivity contribution in [3.05, 3.63) is 12.7 Å². The fraction of sp³-hybridized carbons (Fsp3) is 0.700. The number of carbonyl (C=O) groups is 1. The van der Waals surface area contributed by atoms with Crippen LogP contribution in [-0.2, 0) is 4.79 Å². The second-order valence-electron chi connectivity index (χ2n) is 3.59. The molecule has 0 radical (unpaired) electrons. The molecule has 3 nitrogen and oxygen atoms in total. The monoisotopic (exact) mass is 182 g/mol. The third-order valence-electron chi connectivity index (χ3n) is 2.34. The zero-order valence-electron chi connectivity index (χ0n) is 8.18. The summed E-state index contributed by atoms with van der Waals surface area (Å²) in [6.45, 7) is 6.59. The molecule has 0 saturated carbocycles. The van der Waals surface area contributed by atoms with Gasteiger partial charge in [-0.3, -0.25) is 4.79 Å². The first-order chi connectivity index (χ1) is 6.22. The fourth-order valence-corrected chi connectivity index (χ4v) is 1.53. The van der Waals surface area contributed by atoms with Crippen LogP contribution >= 0.6 is 0 Å². The Hall–Kier alpha value is -0.830. The molecule has 13 heavy (non-hydrogen) atoms. The molecule has 1 heterocycles. The fourth-order valence-electron chi connectivity index (χ4n) is 1.53. The lowest BCUT2D eigenvalue weighted by molar-refractivity contribution is -0.121. The molecule has 1 amide bonds. The van der Waals surface area contributed by atoms with Crippen LogP contribution in [0, 0.1) is 0 Å². The first-order valence-corrected chi connectivity index (χ1v) is 4.87. The molecule has 0 aromatic heterocycles. The van der Waals surface area contributed by atoms with Crippen LogP contribution in [0.15, 0.2) is 12.7 Å². The molecule has 2 N–H and O–H groups in total. The first kappa shape index (κ1) is 10.3. The van der Waals surface area contributed by atoms with Crippen molar-refractivity contribution in [2.24, 2.45) is 0 Å². The van der Waals surface area contributed by atoms with Gasteiger partial charge >= 0.3 is 0 Å². The van der Waals surface area contributed by atoms with Crippen molar-refractivity contribution in [3.8, 4) is 0 Å². The largest absolute Gasteiger partial charge is 0.350 e. The molecular weight excluding hydrogens is 164 g/mol. The molecule has 1 saturated heterocycles. The molecule has 0 spiro atoms. The predicted molar refractivity (Wildman–Crippen MR) is 53.4 cm³/mol. The Morgan fingerprint density at radius 3 is 3.15 bits per heavy atom. The smallest absolute Gasteiger partial charge is 0.222 e. The molecule has 2 atom stereocenters. The average Bonchev–Trinajstić information content (AvgIpc) is 2.56. The molecule has 1 aliphatic heterocycles. The van der Waals surface area contributed by atoms with Gasteiger partial charge in [-0.1, -0.05) is 6.08 Å². The first-order valence-electron chi connectivity index (χ1n) is 4.87. The second kappa shape index (κ2) is 5.02. The maximum atomic E-state index is 11.4. The standard InChI is InChI=1S/C10H18N2O/c1-3-8(2)12-10(13)7-9-5-4-6-11-9/h3,8-9,11H,1,4-7H2,2H3,(H,12,13). The number of hydrogen-bond donors (Lipinski definition) is 2. The van der Waals surface area contributed by atoms with Crippen molar-refractivity contribution in [2.45, 2.75) is 38.3 Å². The molecule has 0 bridgehead atoms. The van der Waals surface area contributed by atoms with Crippen LogP contribution in [0.2, 0.25) is 0 Å². The second-order valence-corrected chi connectivity index (χ2v) is 3.59. The van der Waals surface area contributed by atoms with Crippen LogP contribution in [0.5, 0.6) is 0 Å². The van der Waals surface area contributed by atoms with E-state index in [0.717, 1.165) is 13.0 Å². The van der Waals surface area contributed by atoms with E-state index >= 15 is 0 Å². The third-order valence-corrected chi connectivity index (χ3v) is 2.34. The molecule has 1 fully saturated rings. The number of rotatable bonds is 4. The van der Waals surface area contributed by atoms with Gasteiger partial charge in [-0.2, -0.15) is 0 Å². The van der Waals surface area contributed by atoms with E-state index in [9.17, 15) is 4.79 Å². The van der Waals surface area contributed by atoms with Gasteiger partial charge in [0.25, 0.3) is 0 Å². The molecule has 0 aliphatic carbocycles. The van der Waals surface area contributed by atoms with Crippen LogP contribution in [0.25, 0.3) is 0 Å². The molecule has 1 aliphatic rings. The molecule has 0 aromatic rings. The van der Waals surface area contributed by atoms with Crippen LogP contribution in [-0.4, -0.2) is 24.5 Å². The maximum absolute atomic E-state index is 11.4. The molecule has 74 valence electrons. The summed E-state index contributed by atoms with van der Waals surface area (Å²) in [5.74, 6) is 0.117. The minimum Gasteiger partial charge on any atom is -0.350 e. The van der Waals surface area contributed by atoms with Gasteiger partial charge in [0.1, 0.15) is 0 Å². The average molecular weight is 182 g/mol. The summed E-state index contributed by atoms with van der Waals surface area (Å²) in [7, 11) is 0. The summed E-state index contributed by atoms with van der Waals surface area (Å²) in [5.41, 5.74) is 0. The van der Waals surface area contributed by atoms with Gasteiger partial charge in [0.05, 0.1) is 0 Å². The zero-order valence-corrected chi connectivity index (χ0v) is 8.18. The molecular formula is C10H18N2O. The van der Waals surface area contributed by atoms with Crippen LogP contribution in [0.1, 0.15) is 26.2 Å². The third kappa shape index (κ3) is 3.59. The van der Waals surface area contributed by atoms with Gasteiger partial charge in [-0.25, -0.2) is 0 Å². The SMILES string of the molecule is C=CC(C)NC(=O)CC1CCCN1. The van der Waals surface area contributed by atoms with Gasteiger partial charge in [0.15, 0.2) is 0 Å². The highest BCUT2D eigenvalue weighted by atomic mass is 16.1. The predicted octanol–water partition coefficient (Wildman–Crippen LogP) is 0.819. The van der Waals surface area contributed by atoms with E-state index in [1.165, 1.54) is 6.42 Å². The Kier molecular flexibility index (Phi) is 3.96. The Morgan fingerprint density at radius 2 is 2.62 bits per heavy atom. The zero-order chi connectivity index (χ0) is 9.68. The van der Waals surface area contributed by atoms with Gasteiger partial charge in [0, 0.05) is 18.5 Å². The Balaban J connectivity index is 2.20. The van der Waals surface area contributed by atoms with E-state index in [1.807, 2.05) is 6.92 Å². The highest BCUT2D eigenvalue weighted by molar-refractivity contribution is 5.77. The number of nitrogens with one attached hydrogen (secondary N) is 2. The highest BCUT2D eigenvalue weighted by Gasteiger charge is 2.17. The van der Waals surface area contributed by atoms with Crippen molar-refractivity contribution >= 4 is 5.91 Å².